The van der Waals surface area contributed by atoms with Crippen LogP contribution in [-0.4, -0.2) is 46.7 Å². The maximum Gasteiger partial charge on any atom is 0.249 e. The zero-order chi connectivity index (χ0) is 22.5. The minimum Gasteiger partial charge on any atom is -0.496 e. The second-order valence-electron chi connectivity index (χ2n) is 6.29. The van der Waals surface area contributed by atoms with E-state index in [0.29, 0.717) is 45.4 Å². The number of Topliss-reactive ketones (excluding diaryl/α,β-unsaturated/α-hetero) is 1. The molecule has 0 bridgehead atoms. The summed E-state index contributed by atoms with van der Waals surface area (Å²) >= 11 is 0. The minimum atomic E-state index is -0.768. The third kappa shape index (κ3) is 4.10. The van der Waals surface area contributed by atoms with Crippen molar-refractivity contribution in [1.82, 2.24) is 0 Å². The fourth-order valence-electron chi connectivity index (χ4n) is 3.15. The van der Waals surface area contributed by atoms with Crippen molar-refractivity contribution in [3.63, 3.8) is 0 Å². The van der Waals surface area contributed by atoms with Gasteiger partial charge in [0.25, 0.3) is 0 Å². The number of carbonyl (C=O) groups excluding carboxylic acids is 2. The number of benzene rings is 2. The second kappa shape index (κ2) is 9.10. The fraction of sp³-hybridized carbons (Fsp3) is 0.238. The van der Waals surface area contributed by atoms with Gasteiger partial charge in [-0.1, -0.05) is 0 Å². The maximum absolute atomic E-state index is 13.2. The number of fused-ring (bicyclic) bond motifs is 1. The molecule has 0 aliphatic carbocycles. The Kier molecular flexibility index (Phi) is 6.32. The Morgan fingerprint density at radius 1 is 0.935 bits per heavy atom. The van der Waals surface area contributed by atoms with Gasteiger partial charge in [-0.15, -0.1) is 0 Å². The van der Waals surface area contributed by atoms with Gasteiger partial charge in [-0.3, -0.25) is 9.59 Å². The Morgan fingerprint density at radius 2 is 1.55 bits per heavy atom. The zero-order valence-corrected chi connectivity index (χ0v) is 17.3. The lowest BCUT2D eigenvalue weighted by atomic mass is 9.97. The van der Waals surface area contributed by atoms with Gasteiger partial charge in [-0.2, -0.15) is 0 Å². The highest BCUT2D eigenvalue weighted by Crippen LogP contribution is 2.40. The van der Waals surface area contributed by atoms with Gasteiger partial charge in [0, 0.05) is 21.6 Å². The second-order valence-corrected chi connectivity index (χ2v) is 6.29. The van der Waals surface area contributed by atoms with E-state index in [9.17, 15) is 9.59 Å². The quantitative estimate of drug-likeness (QED) is 0.285. The standard InChI is InChI=1S/C21H19N3O7/c1-27-15-8-12(21(26)23-24-22)9-16-14(15)5-13(10-31-16)19(25)11-6-17(28-2)20(30-4)18(7-11)29-3/h5-9H,10H2,1-4H3. The highest BCUT2D eigenvalue weighted by Gasteiger charge is 2.25. The Balaban J connectivity index is 2.04. The van der Waals surface area contributed by atoms with Crippen molar-refractivity contribution in [3.05, 3.63) is 57.0 Å². The lowest BCUT2D eigenvalue weighted by molar-refractivity contribution is 0.0994. The molecule has 1 aliphatic heterocycles. The van der Waals surface area contributed by atoms with E-state index in [1.54, 1.807) is 18.2 Å². The van der Waals surface area contributed by atoms with Crippen LogP contribution in [0, 0.1) is 0 Å². The molecule has 0 unspecified atom stereocenters. The van der Waals surface area contributed by atoms with Gasteiger partial charge in [0.15, 0.2) is 17.3 Å². The van der Waals surface area contributed by atoms with Gasteiger partial charge in [0.05, 0.1) is 34.0 Å². The van der Waals surface area contributed by atoms with Crippen LogP contribution in [0.25, 0.3) is 16.5 Å². The first-order valence-electron chi connectivity index (χ1n) is 8.96. The molecule has 2 aromatic carbocycles. The monoisotopic (exact) mass is 425 g/mol. The first-order chi connectivity index (χ1) is 15.0. The van der Waals surface area contributed by atoms with Gasteiger partial charge < -0.3 is 23.7 Å². The summed E-state index contributed by atoms with van der Waals surface area (Å²) < 4.78 is 27.0. The number of hydrogen-bond donors (Lipinski definition) is 0. The van der Waals surface area contributed by atoms with Gasteiger partial charge in [0.2, 0.25) is 11.7 Å². The van der Waals surface area contributed by atoms with Crippen LogP contribution >= 0.6 is 0 Å². The maximum atomic E-state index is 13.2. The Labute approximate surface area is 177 Å². The molecule has 31 heavy (non-hydrogen) atoms. The molecule has 1 amide bonds. The smallest absolute Gasteiger partial charge is 0.249 e. The van der Waals surface area contributed by atoms with Crippen molar-refractivity contribution < 1.29 is 33.3 Å². The average Bonchev–Trinajstić information content (AvgIpc) is 2.81. The molecule has 0 fully saturated rings. The van der Waals surface area contributed by atoms with Gasteiger partial charge in [-0.25, -0.2) is 0 Å². The van der Waals surface area contributed by atoms with Gasteiger partial charge in [-0.05, 0) is 41.0 Å². The molecule has 0 saturated heterocycles. The molecule has 0 radical (unpaired) electrons. The predicted octanol–water partition coefficient (Wildman–Crippen LogP) is 3.83. The summed E-state index contributed by atoms with van der Waals surface area (Å²) in [4.78, 5) is 27.5. The van der Waals surface area contributed by atoms with Crippen molar-refractivity contribution in [2.75, 3.05) is 35.0 Å². The molecular weight excluding hydrogens is 406 g/mol. The van der Waals surface area contributed by atoms with Crippen molar-refractivity contribution in [2.45, 2.75) is 0 Å². The summed E-state index contributed by atoms with van der Waals surface area (Å²) in [7, 11) is 5.82. The van der Waals surface area contributed by atoms with Crippen LogP contribution < -0.4 is 23.7 Å². The number of ketones is 1. The van der Waals surface area contributed by atoms with Crippen molar-refractivity contribution in [3.8, 4) is 28.7 Å². The first kappa shape index (κ1) is 21.5. The highest BCUT2D eigenvalue weighted by molar-refractivity contribution is 6.13. The van der Waals surface area contributed by atoms with E-state index < -0.39 is 5.91 Å². The van der Waals surface area contributed by atoms with E-state index in [2.05, 4.69) is 10.0 Å². The molecule has 10 heteroatoms. The van der Waals surface area contributed by atoms with E-state index in [1.165, 1.54) is 40.6 Å². The van der Waals surface area contributed by atoms with Crippen LogP contribution in [0.2, 0.25) is 0 Å². The van der Waals surface area contributed by atoms with E-state index in [4.69, 9.17) is 29.2 Å². The fourth-order valence-corrected chi connectivity index (χ4v) is 3.15. The molecule has 1 heterocycles. The van der Waals surface area contributed by atoms with Crippen LogP contribution in [0.1, 0.15) is 26.3 Å². The van der Waals surface area contributed by atoms with E-state index in [0.717, 1.165) is 0 Å². The van der Waals surface area contributed by atoms with E-state index in [1.807, 2.05) is 0 Å². The Morgan fingerprint density at radius 3 is 2.10 bits per heavy atom. The number of carbonyl (C=O) groups is 2. The van der Waals surface area contributed by atoms with Crippen LogP contribution in [0.15, 0.2) is 35.0 Å². The third-order valence-corrected chi connectivity index (χ3v) is 4.63. The molecule has 1 aliphatic rings. The molecular formula is C21H19N3O7. The molecule has 0 atom stereocenters. The van der Waals surface area contributed by atoms with Crippen LogP contribution in [0.3, 0.4) is 0 Å². The van der Waals surface area contributed by atoms with Crippen LogP contribution in [0.5, 0.6) is 28.7 Å². The summed E-state index contributed by atoms with van der Waals surface area (Å²) in [6.45, 7) is -0.0369. The molecule has 2 aromatic rings. The number of amides is 1. The number of hydrogen-bond acceptors (Lipinski definition) is 7. The van der Waals surface area contributed by atoms with Gasteiger partial charge >= 0.3 is 0 Å². The number of nitrogens with zero attached hydrogens (tertiary/aromatic N) is 3. The summed E-state index contributed by atoms with van der Waals surface area (Å²) in [5.74, 6) is 0.626. The number of azide groups is 1. The Hall–Kier alpha value is -4.17. The molecule has 160 valence electrons. The van der Waals surface area contributed by atoms with Crippen molar-refractivity contribution in [1.29, 1.82) is 0 Å². The average molecular weight is 425 g/mol. The minimum absolute atomic E-state index is 0.0369. The largest absolute Gasteiger partial charge is 0.496 e. The summed E-state index contributed by atoms with van der Waals surface area (Å²) in [5, 5.41) is 3.08. The summed E-state index contributed by atoms with van der Waals surface area (Å²) in [6.07, 6.45) is 1.63. The predicted molar refractivity (Wildman–Crippen MR) is 110 cm³/mol. The topological polar surface area (TPSA) is 129 Å². The highest BCUT2D eigenvalue weighted by atomic mass is 16.5. The number of methoxy groups -OCH3 is 4. The SMILES string of the molecule is COc1cc(C(=O)N=[N+]=[N-])cc2c1C=C(C(=O)c1cc(OC)c(OC)c(OC)c1)CO2. The number of rotatable bonds is 7. The van der Waals surface area contributed by atoms with E-state index in [-0.39, 0.29) is 18.0 Å². The molecule has 10 nitrogen and oxygen atoms in total. The van der Waals surface area contributed by atoms with Crippen LogP contribution in [-0.2, 0) is 0 Å². The number of ether oxygens (including phenoxy) is 5. The summed E-state index contributed by atoms with van der Waals surface area (Å²) in [6, 6.07) is 5.96. The lowest BCUT2D eigenvalue weighted by Gasteiger charge is -2.21. The van der Waals surface area contributed by atoms with E-state index >= 15 is 0 Å². The summed E-state index contributed by atoms with van der Waals surface area (Å²) in [5.41, 5.74) is 9.75. The van der Waals surface area contributed by atoms with Crippen LogP contribution in [0.4, 0.5) is 0 Å². The normalized spacial score (nSPS) is 11.8. The molecule has 0 N–H and O–H groups in total. The van der Waals surface area contributed by atoms with Crippen molar-refractivity contribution in [2.24, 2.45) is 5.11 Å². The Bertz CT molecular complexity index is 1110. The lowest BCUT2D eigenvalue weighted by Crippen LogP contribution is -2.16. The first-order valence-corrected chi connectivity index (χ1v) is 8.96. The molecule has 0 saturated carbocycles. The molecule has 3 rings (SSSR count). The van der Waals surface area contributed by atoms with Gasteiger partial charge in [0.1, 0.15) is 18.1 Å². The molecule has 0 aromatic heterocycles. The molecule has 0 spiro atoms. The zero-order valence-electron chi connectivity index (χ0n) is 17.3. The van der Waals surface area contributed by atoms with Crippen molar-refractivity contribution >= 4 is 17.8 Å². The third-order valence-electron chi connectivity index (χ3n) is 4.63.